The lowest BCUT2D eigenvalue weighted by Crippen LogP contribution is -2.43. The first-order valence-electron chi connectivity index (χ1n) is 9.86. The molecule has 1 saturated heterocycles. The lowest BCUT2D eigenvalue weighted by molar-refractivity contribution is 0.0617. The Hall–Kier alpha value is -2.95. The van der Waals surface area contributed by atoms with Crippen molar-refractivity contribution in [3.8, 4) is 0 Å². The minimum absolute atomic E-state index is 0.0867. The molecule has 4 rings (SSSR count). The Labute approximate surface area is 164 Å². The number of amides is 1. The summed E-state index contributed by atoms with van der Waals surface area (Å²) < 4.78 is 1.42. The van der Waals surface area contributed by atoms with E-state index in [2.05, 4.69) is 18.9 Å². The zero-order valence-corrected chi connectivity index (χ0v) is 16.3. The lowest BCUT2D eigenvalue weighted by atomic mass is 9.91. The van der Waals surface area contributed by atoms with Crippen molar-refractivity contribution in [3.63, 3.8) is 0 Å². The third-order valence-corrected chi connectivity index (χ3v) is 5.40. The second-order valence-electron chi connectivity index (χ2n) is 8.00. The summed E-state index contributed by atoms with van der Waals surface area (Å²) in [4.78, 5) is 28.2. The van der Waals surface area contributed by atoms with Crippen LogP contribution in [0.25, 0.3) is 10.8 Å². The number of hydrogen-bond donors (Lipinski definition) is 0. The summed E-state index contributed by atoms with van der Waals surface area (Å²) in [5.74, 6) is 0.847. The van der Waals surface area contributed by atoms with Crippen molar-refractivity contribution in [2.45, 2.75) is 26.8 Å². The zero-order valence-electron chi connectivity index (χ0n) is 16.3. The maximum atomic E-state index is 13.4. The monoisotopic (exact) mass is 375 g/mol. The molecule has 3 aromatic rings. The van der Waals surface area contributed by atoms with Gasteiger partial charge in [0.1, 0.15) is 0 Å². The van der Waals surface area contributed by atoms with Crippen LogP contribution in [0.4, 0.5) is 0 Å². The van der Waals surface area contributed by atoms with Crippen LogP contribution >= 0.6 is 0 Å². The summed E-state index contributed by atoms with van der Waals surface area (Å²) in [5.41, 5.74) is 1.18. The molecule has 1 aliphatic rings. The van der Waals surface area contributed by atoms with E-state index in [1.54, 1.807) is 6.07 Å². The van der Waals surface area contributed by atoms with Crippen LogP contribution in [-0.4, -0.2) is 33.7 Å². The van der Waals surface area contributed by atoms with Gasteiger partial charge in [-0.05, 0) is 29.9 Å². The van der Waals surface area contributed by atoms with Gasteiger partial charge in [-0.1, -0.05) is 62.4 Å². The van der Waals surface area contributed by atoms with Crippen LogP contribution in [0.2, 0.25) is 0 Å². The molecule has 1 amide bonds. The highest BCUT2D eigenvalue weighted by Gasteiger charge is 2.28. The SMILES string of the molecule is C[C@H]1C[C@H](C)CN(C(=O)c2nn(Cc3ccccc3)c(=O)c3ccccc23)C1. The molecular formula is C23H25N3O2. The van der Waals surface area contributed by atoms with E-state index in [1.807, 2.05) is 53.4 Å². The molecule has 0 N–H and O–H groups in total. The smallest absolute Gasteiger partial charge is 0.274 e. The molecule has 0 spiro atoms. The molecular weight excluding hydrogens is 350 g/mol. The Kier molecular flexibility index (Phi) is 4.99. The van der Waals surface area contributed by atoms with Crippen molar-refractivity contribution in [3.05, 3.63) is 76.2 Å². The van der Waals surface area contributed by atoms with E-state index in [-0.39, 0.29) is 11.5 Å². The minimum Gasteiger partial charge on any atom is -0.337 e. The maximum Gasteiger partial charge on any atom is 0.274 e. The third kappa shape index (κ3) is 3.57. The van der Waals surface area contributed by atoms with Crippen LogP contribution in [0.3, 0.4) is 0 Å². The number of hydrogen-bond acceptors (Lipinski definition) is 3. The molecule has 0 radical (unpaired) electrons. The highest BCUT2D eigenvalue weighted by atomic mass is 16.2. The van der Waals surface area contributed by atoms with E-state index in [0.29, 0.717) is 34.8 Å². The van der Waals surface area contributed by atoms with Gasteiger partial charge in [0.25, 0.3) is 11.5 Å². The average molecular weight is 375 g/mol. The van der Waals surface area contributed by atoms with Gasteiger partial charge in [0.05, 0.1) is 11.9 Å². The first-order valence-corrected chi connectivity index (χ1v) is 9.86. The quantitative estimate of drug-likeness (QED) is 0.703. The number of carbonyl (C=O) groups is 1. The fourth-order valence-corrected chi connectivity index (χ4v) is 4.24. The van der Waals surface area contributed by atoms with Crippen molar-refractivity contribution in [2.24, 2.45) is 11.8 Å². The molecule has 5 heteroatoms. The van der Waals surface area contributed by atoms with Crippen molar-refractivity contribution in [1.82, 2.24) is 14.7 Å². The molecule has 28 heavy (non-hydrogen) atoms. The number of benzene rings is 2. The molecule has 0 bridgehead atoms. The molecule has 1 aliphatic heterocycles. The van der Waals surface area contributed by atoms with Gasteiger partial charge in [-0.25, -0.2) is 4.68 Å². The Morgan fingerprint density at radius 3 is 2.25 bits per heavy atom. The van der Waals surface area contributed by atoms with E-state index in [0.717, 1.165) is 25.1 Å². The maximum absolute atomic E-state index is 13.4. The van der Waals surface area contributed by atoms with Gasteiger partial charge in [0, 0.05) is 18.5 Å². The molecule has 2 atom stereocenters. The molecule has 144 valence electrons. The van der Waals surface area contributed by atoms with Crippen molar-refractivity contribution >= 4 is 16.7 Å². The van der Waals surface area contributed by atoms with Gasteiger partial charge in [-0.15, -0.1) is 0 Å². The largest absolute Gasteiger partial charge is 0.337 e. The summed E-state index contributed by atoms with van der Waals surface area (Å²) in [5, 5.41) is 5.70. The van der Waals surface area contributed by atoms with E-state index < -0.39 is 0 Å². The number of piperidine rings is 1. The summed E-state index contributed by atoms with van der Waals surface area (Å²) in [6, 6.07) is 17.0. The predicted octanol–water partition coefficient (Wildman–Crippen LogP) is 3.56. The second-order valence-corrected chi connectivity index (χ2v) is 8.00. The van der Waals surface area contributed by atoms with Crippen molar-refractivity contribution < 1.29 is 4.79 Å². The number of rotatable bonds is 3. The second kappa shape index (κ2) is 7.58. The van der Waals surface area contributed by atoms with Crippen LogP contribution in [-0.2, 0) is 6.54 Å². The first kappa shape index (κ1) is 18.4. The van der Waals surface area contributed by atoms with E-state index in [4.69, 9.17) is 0 Å². The van der Waals surface area contributed by atoms with Gasteiger partial charge in [-0.2, -0.15) is 5.10 Å². The zero-order chi connectivity index (χ0) is 19.7. The number of nitrogens with zero attached hydrogens (tertiary/aromatic N) is 3. The van der Waals surface area contributed by atoms with Crippen LogP contribution in [0.5, 0.6) is 0 Å². The molecule has 1 fully saturated rings. The molecule has 1 aromatic heterocycles. The number of fused-ring (bicyclic) bond motifs is 1. The fourth-order valence-electron chi connectivity index (χ4n) is 4.24. The Bertz CT molecular complexity index is 1050. The summed E-state index contributed by atoms with van der Waals surface area (Å²) in [6.07, 6.45) is 1.13. The van der Waals surface area contributed by atoms with E-state index in [1.165, 1.54) is 4.68 Å². The Morgan fingerprint density at radius 1 is 0.964 bits per heavy atom. The van der Waals surface area contributed by atoms with Crippen LogP contribution in [0.15, 0.2) is 59.4 Å². The Balaban J connectivity index is 1.80. The van der Waals surface area contributed by atoms with Gasteiger partial charge in [0.2, 0.25) is 0 Å². The predicted molar refractivity (Wildman–Crippen MR) is 110 cm³/mol. The lowest BCUT2D eigenvalue weighted by Gasteiger charge is -2.35. The average Bonchev–Trinajstić information content (AvgIpc) is 2.70. The molecule has 5 nitrogen and oxygen atoms in total. The van der Waals surface area contributed by atoms with Gasteiger partial charge >= 0.3 is 0 Å². The minimum atomic E-state index is -0.170. The van der Waals surface area contributed by atoms with Gasteiger partial charge < -0.3 is 4.90 Å². The summed E-state index contributed by atoms with van der Waals surface area (Å²) >= 11 is 0. The van der Waals surface area contributed by atoms with Gasteiger partial charge in [-0.3, -0.25) is 9.59 Å². The normalized spacial score (nSPS) is 19.7. The van der Waals surface area contributed by atoms with Crippen molar-refractivity contribution in [2.75, 3.05) is 13.1 Å². The Morgan fingerprint density at radius 2 is 1.57 bits per heavy atom. The van der Waals surface area contributed by atoms with Crippen LogP contribution < -0.4 is 5.56 Å². The molecule has 2 aromatic carbocycles. The molecule has 0 saturated carbocycles. The fraction of sp³-hybridized carbons (Fsp3) is 0.348. The molecule has 0 aliphatic carbocycles. The van der Waals surface area contributed by atoms with Gasteiger partial charge in [0.15, 0.2) is 5.69 Å². The number of likely N-dealkylation sites (tertiary alicyclic amines) is 1. The highest BCUT2D eigenvalue weighted by molar-refractivity contribution is 6.04. The molecule has 2 heterocycles. The van der Waals surface area contributed by atoms with E-state index in [9.17, 15) is 9.59 Å². The number of carbonyl (C=O) groups excluding carboxylic acids is 1. The summed E-state index contributed by atoms with van der Waals surface area (Å²) in [7, 11) is 0. The third-order valence-electron chi connectivity index (χ3n) is 5.40. The summed E-state index contributed by atoms with van der Waals surface area (Å²) in [6.45, 7) is 6.17. The molecule has 0 unspecified atom stereocenters. The van der Waals surface area contributed by atoms with Crippen LogP contribution in [0, 0.1) is 11.8 Å². The van der Waals surface area contributed by atoms with Crippen molar-refractivity contribution in [1.29, 1.82) is 0 Å². The first-order chi connectivity index (χ1) is 13.5. The van der Waals surface area contributed by atoms with E-state index >= 15 is 0 Å². The topological polar surface area (TPSA) is 55.2 Å². The number of aromatic nitrogens is 2. The standard InChI is InChI=1S/C23H25N3O2/c1-16-12-17(2)14-25(13-16)23(28)21-19-10-6-7-11-20(19)22(27)26(24-21)15-18-8-4-3-5-9-18/h3-11,16-17H,12-15H2,1-2H3/t16-,17-/m0/s1. The van der Waals surface area contributed by atoms with Crippen LogP contribution in [0.1, 0.15) is 36.3 Å². The highest BCUT2D eigenvalue weighted by Crippen LogP contribution is 2.24.